The number of likely N-dealkylation sites (tertiary alicyclic amines) is 2. The number of likely N-dealkylation sites (N-methyl/N-ethyl adjacent to an activating group) is 6. The molecular weight excluding hydrogens is 1420 g/mol. The van der Waals surface area contributed by atoms with E-state index in [9.17, 15) is 43.5 Å². The minimum atomic E-state index is -1.60. The summed E-state index contributed by atoms with van der Waals surface area (Å²) in [5, 5.41) is 27.8. The highest BCUT2D eigenvalue weighted by Crippen LogP contribution is 2.30. The van der Waals surface area contributed by atoms with Gasteiger partial charge in [0.15, 0.2) is 5.12 Å². The van der Waals surface area contributed by atoms with Crippen LogP contribution < -0.4 is 31.9 Å². The van der Waals surface area contributed by atoms with E-state index in [0.29, 0.717) is 29.8 Å². The molecule has 12 amide bonds. The number of nitrogens with one attached hydrogen (secondary N) is 6. The smallest absolute Gasteiger partial charge is 0.248 e. The van der Waals surface area contributed by atoms with Crippen LogP contribution in [0.5, 0.6) is 0 Å². The first kappa shape index (κ1) is 89.4. The third kappa shape index (κ3) is 24.7. The maximum absolute atomic E-state index is 15.3. The Bertz CT molecular complexity index is 3780. The number of amides is 12. The Hall–Kier alpha value is -9.54. The van der Waals surface area contributed by atoms with Gasteiger partial charge >= 0.3 is 0 Å². The molecule has 4 aromatic carbocycles. The molecular formula is C82H117N13O14S. The van der Waals surface area contributed by atoms with Gasteiger partial charge in [-0.15, -0.1) is 0 Å². The Morgan fingerprint density at radius 2 is 1.02 bits per heavy atom. The van der Waals surface area contributed by atoms with Gasteiger partial charge in [-0.1, -0.05) is 175 Å². The van der Waals surface area contributed by atoms with Crippen LogP contribution in [0.4, 0.5) is 0 Å². The van der Waals surface area contributed by atoms with E-state index in [2.05, 4.69) is 31.9 Å². The Morgan fingerprint density at radius 1 is 0.518 bits per heavy atom. The summed E-state index contributed by atoms with van der Waals surface area (Å²) in [6.45, 7) is 17.3. The molecule has 27 nitrogen and oxygen atoms in total. The number of benzene rings is 4. The van der Waals surface area contributed by atoms with Crippen molar-refractivity contribution < 1.29 is 67.4 Å². The highest BCUT2D eigenvalue weighted by molar-refractivity contribution is 8.12. The normalized spacial score (nSPS) is 17.3. The second kappa shape index (κ2) is 42.6. The molecule has 2 aliphatic rings. The molecule has 0 radical (unpaired) electrons. The van der Waals surface area contributed by atoms with Gasteiger partial charge in [-0.2, -0.15) is 0 Å². The van der Waals surface area contributed by atoms with E-state index in [-0.39, 0.29) is 55.6 Å². The lowest BCUT2D eigenvalue weighted by Gasteiger charge is -2.38. The molecule has 110 heavy (non-hydrogen) atoms. The first-order valence-electron chi connectivity index (χ1n) is 38.2. The monoisotopic (exact) mass is 1540 g/mol. The number of hydrogen-bond acceptors (Lipinski definition) is 16. The summed E-state index contributed by atoms with van der Waals surface area (Å²) < 4.78 is 0. The van der Waals surface area contributed by atoms with Crippen molar-refractivity contribution in [1.29, 1.82) is 0 Å². The first-order chi connectivity index (χ1) is 52.1. The maximum atomic E-state index is 15.3. The minimum absolute atomic E-state index is 0.00460. The number of piperidine rings is 1. The standard InChI is InChI=1S/C82H117N13O14S/c1-50(2)42-65(89(12)67(97)48-84-74(101)63(45-58-34-24-18-25-35-58)91(14)82(109)71(56(10)96)95-53(7)43-66(80(95)107)92(15)81(108)69(51(3)4)88-72(99)54(8)83-11)79(106)93(16)70(52(5)6)76(103)86-61(44-57-32-22-17-23-33-57)73(100)87-62(47-68(98)110-49-60-38-28-20-29-39-60)78(105)90(13)64(46-59-36-26-19-27-37-59)75(102)85-55(9)77(104)94-40-30-21-31-41-94/h17-20,22-29,32-39,50-56,61-66,69-71,83,96H,21,30-31,40-49H2,1-16H3,(H,84,101)(H,85,102)(H,86,103)(H,87,100)(H,88,99)/t53?,54-,55-,56+,61-,62-,63-,64?,65-,66-,69-,70-,71-/m0/s1. The summed E-state index contributed by atoms with van der Waals surface area (Å²) >= 11 is 0.938. The van der Waals surface area contributed by atoms with Gasteiger partial charge < -0.3 is 71.3 Å². The quantitative estimate of drug-likeness (QED) is 0.0332. The molecule has 2 saturated heterocycles. The van der Waals surface area contributed by atoms with Crippen LogP contribution in [0, 0.1) is 17.8 Å². The fourth-order valence-corrected chi connectivity index (χ4v) is 14.8. The van der Waals surface area contributed by atoms with Crippen molar-refractivity contribution in [3.05, 3.63) is 144 Å². The minimum Gasteiger partial charge on any atom is -0.391 e. The van der Waals surface area contributed by atoms with Crippen LogP contribution >= 0.6 is 11.8 Å². The third-order valence-electron chi connectivity index (χ3n) is 20.7. The van der Waals surface area contributed by atoms with Crippen molar-refractivity contribution >= 4 is 87.8 Å². The van der Waals surface area contributed by atoms with E-state index < -0.39 is 168 Å². The van der Waals surface area contributed by atoms with Gasteiger partial charge in [0, 0.05) is 85.8 Å². The number of aliphatic hydroxyl groups excluding tert-OH is 1. The number of aliphatic hydroxyl groups is 1. The van der Waals surface area contributed by atoms with Gasteiger partial charge in [-0.3, -0.25) is 62.3 Å². The summed E-state index contributed by atoms with van der Waals surface area (Å²) in [6, 6.07) is 21.6. The molecule has 28 heteroatoms. The van der Waals surface area contributed by atoms with Gasteiger partial charge in [0.05, 0.1) is 18.7 Å². The molecule has 2 fully saturated rings. The number of hydrogen-bond donors (Lipinski definition) is 7. The number of nitrogens with zero attached hydrogens (tertiary/aromatic N) is 7. The summed E-state index contributed by atoms with van der Waals surface area (Å²) in [6.07, 6.45) is 0.554. The van der Waals surface area contributed by atoms with Gasteiger partial charge in [0.25, 0.3) is 0 Å². The van der Waals surface area contributed by atoms with E-state index in [0.717, 1.165) is 41.5 Å². The molecule has 0 spiro atoms. The lowest BCUT2D eigenvalue weighted by molar-refractivity contribution is -0.154. The van der Waals surface area contributed by atoms with Gasteiger partial charge in [0.2, 0.25) is 70.9 Å². The number of carbonyl (C=O) groups excluding carboxylic acids is 13. The Balaban J connectivity index is 1.24. The van der Waals surface area contributed by atoms with Gasteiger partial charge in [-0.25, -0.2) is 0 Å². The maximum Gasteiger partial charge on any atom is 0.248 e. The van der Waals surface area contributed by atoms with Crippen LogP contribution in [0.1, 0.15) is 130 Å². The Labute approximate surface area is 652 Å². The van der Waals surface area contributed by atoms with E-state index in [4.69, 9.17) is 0 Å². The van der Waals surface area contributed by atoms with Gasteiger partial charge in [0.1, 0.15) is 60.4 Å². The molecule has 0 saturated carbocycles. The Morgan fingerprint density at radius 3 is 1.52 bits per heavy atom. The summed E-state index contributed by atoms with van der Waals surface area (Å²) in [7, 11) is 8.62. The molecule has 2 aliphatic heterocycles. The Kier molecular flexibility index (Phi) is 34.6. The van der Waals surface area contributed by atoms with E-state index >= 15 is 24.0 Å². The zero-order valence-corrected chi connectivity index (χ0v) is 67.6. The average Bonchev–Trinajstić information content (AvgIpc) is 1.58. The molecule has 600 valence electrons. The zero-order valence-electron chi connectivity index (χ0n) is 66.8. The second-order valence-corrected chi connectivity index (χ2v) is 31.3. The van der Waals surface area contributed by atoms with Crippen LogP contribution in [0.15, 0.2) is 121 Å². The van der Waals surface area contributed by atoms with Crippen molar-refractivity contribution in [2.45, 2.75) is 211 Å². The van der Waals surface area contributed by atoms with Crippen molar-refractivity contribution in [1.82, 2.24) is 66.2 Å². The van der Waals surface area contributed by atoms with Crippen molar-refractivity contribution in [2.75, 3.05) is 61.9 Å². The van der Waals surface area contributed by atoms with Crippen molar-refractivity contribution in [3.63, 3.8) is 0 Å². The zero-order chi connectivity index (χ0) is 81.4. The lowest BCUT2D eigenvalue weighted by Crippen LogP contribution is -2.61. The largest absolute Gasteiger partial charge is 0.391 e. The number of carbonyl (C=O) groups is 13. The van der Waals surface area contributed by atoms with Crippen LogP contribution in [0.25, 0.3) is 0 Å². The highest BCUT2D eigenvalue weighted by atomic mass is 32.2. The predicted octanol–water partition coefficient (Wildman–Crippen LogP) is 4.12. The molecule has 0 bridgehead atoms. The molecule has 4 aromatic rings. The summed E-state index contributed by atoms with van der Waals surface area (Å²) in [4.78, 5) is 198. The average molecular weight is 1540 g/mol. The highest BCUT2D eigenvalue weighted by Gasteiger charge is 2.50. The van der Waals surface area contributed by atoms with Crippen LogP contribution in [-0.2, 0) is 87.3 Å². The number of thioether (sulfide) groups is 1. The molecule has 7 N–H and O–H groups in total. The molecule has 2 heterocycles. The fraction of sp³-hybridized carbons (Fsp3) is 0.549. The molecule has 6 rings (SSSR count). The predicted molar refractivity (Wildman–Crippen MR) is 421 cm³/mol. The number of rotatable bonds is 38. The van der Waals surface area contributed by atoms with E-state index in [1.165, 1.54) is 66.7 Å². The van der Waals surface area contributed by atoms with Crippen molar-refractivity contribution in [2.24, 2.45) is 17.8 Å². The summed E-state index contributed by atoms with van der Waals surface area (Å²) in [5.74, 6) is -8.90. The van der Waals surface area contributed by atoms with Crippen LogP contribution in [0.3, 0.4) is 0 Å². The SMILES string of the molecule is CN[C@@H](C)C(=O)N[C@H](C(=O)N(C)[C@H]1CC(C)N([C@H](C(=O)N(C)[C@@H](Cc2ccccc2)C(=O)NCC(=O)N(C)[C@@H](CC(C)C)C(=O)N(C)[C@H](C(=O)N[C@@H](Cc2ccccc2)C(=O)N[C@@H](CC(=O)SCc2ccccc2)C(=O)N(C)C(Cc2ccccc2)C(=O)N[C@@H](C)C(=O)N2CCCCC2)C(C)C)[C@@H](C)O)C1=O)C(C)C. The molecule has 0 aliphatic carbocycles. The molecule has 0 aromatic heterocycles. The van der Waals surface area contributed by atoms with Crippen LogP contribution in [-0.4, -0.2) is 256 Å². The topological polar surface area (TPSA) is 337 Å². The third-order valence-corrected chi connectivity index (χ3v) is 21.7. The van der Waals surface area contributed by atoms with Gasteiger partial charge in [-0.05, 0) is 107 Å². The fourth-order valence-electron chi connectivity index (χ4n) is 14.0. The summed E-state index contributed by atoms with van der Waals surface area (Å²) in [5.41, 5.74) is 2.73. The first-order valence-corrected chi connectivity index (χ1v) is 39.2. The van der Waals surface area contributed by atoms with Crippen molar-refractivity contribution in [3.8, 4) is 0 Å². The van der Waals surface area contributed by atoms with E-state index in [1.807, 2.05) is 44.2 Å². The van der Waals surface area contributed by atoms with E-state index in [1.54, 1.807) is 151 Å². The van der Waals surface area contributed by atoms with Crippen LogP contribution in [0.2, 0.25) is 0 Å². The lowest BCUT2D eigenvalue weighted by atomic mass is 9.96. The molecule has 2 unspecified atom stereocenters. The molecule has 13 atom stereocenters. The second-order valence-electron chi connectivity index (χ2n) is 30.3.